The molecule has 0 aliphatic rings. The molecule has 1 heterocycles. The fourth-order valence-electron chi connectivity index (χ4n) is 1.04. The number of ether oxygens (including phenoxy) is 1. The van der Waals surface area contributed by atoms with Crippen LogP contribution in [0.3, 0.4) is 0 Å². The highest BCUT2D eigenvalue weighted by molar-refractivity contribution is 7.15. The Labute approximate surface area is 97.0 Å². The van der Waals surface area contributed by atoms with Crippen LogP contribution in [-0.2, 0) is 4.74 Å². The summed E-state index contributed by atoms with van der Waals surface area (Å²) in [5.74, 6) is -1.28. The third-order valence-corrected chi connectivity index (χ3v) is 2.85. The maximum atomic E-state index is 11.5. The molecule has 0 atom stereocenters. The van der Waals surface area contributed by atoms with Crippen molar-refractivity contribution in [3.8, 4) is 0 Å². The molecule has 0 radical (unpaired) electrons. The number of carboxylic acid groups (broad SMARTS) is 1. The Hall–Kier alpha value is -1.40. The van der Waals surface area contributed by atoms with Crippen molar-refractivity contribution in [3.05, 3.63) is 21.9 Å². The highest BCUT2D eigenvalue weighted by Crippen LogP contribution is 2.15. The summed E-state index contributed by atoms with van der Waals surface area (Å²) >= 11 is 0.960. The van der Waals surface area contributed by atoms with Crippen LogP contribution in [0, 0.1) is 0 Å². The van der Waals surface area contributed by atoms with Crippen molar-refractivity contribution in [1.82, 2.24) is 5.32 Å². The third-order valence-electron chi connectivity index (χ3n) is 1.78. The molecule has 1 aromatic rings. The first-order valence-electron chi connectivity index (χ1n) is 4.84. The van der Waals surface area contributed by atoms with Crippen molar-refractivity contribution < 1.29 is 19.4 Å². The summed E-state index contributed by atoms with van der Waals surface area (Å²) in [5.41, 5.74) is 0. The van der Waals surface area contributed by atoms with E-state index in [2.05, 4.69) is 5.32 Å². The van der Waals surface area contributed by atoms with Crippen molar-refractivity contribution in [2.24, 2.45) is 0 Å². The molecule has 16 heavy (non-hydrogen) atoms. The molecule has 5 nitrogen and oxygen atoms in total. The van der Waals surface area contributed by atoms with Gasteiger partial charge in [0, 0.05) is 13.2 Å². The van der Waals surface area contributed by atoms with Gasteiger partial charge in [-0.2, -0.15) is 0 Å². The van der Waals surface area contributed by atoms with Gasteiger partial charge >= 0.3 is 5.97 Å². The minimum absolute atomic E-state index is 0.162. The second-order valence-electron chi connectivity index (χ2n) is 2.92. The molecule has 1 rings (SSSR count). The number of hydrogen-bond acceptors (Lipinski definition) is 4. The smallest absolute Gasteiger partial charge is 0.345 e. The van der Waals surface area contributed by atoms with Crippen LogP contribution >= 0.6 is 11.3 Å². The topological polar surface area (TPSA) is 75.6 Å². The van der Waals surface area contributed by atoms with Gasteiger partial charge in [0.15, 0.2) is 0 Å². The number of aromatic carboxylic acids is 1. The lowest BCUT2D eigenvalue weighted by Crippen LogP contribution is -2.26. The van der Waals surface area contributed by atoms with Crippen molar-refractivity contribution in [2.45, 2.75) is 6.92 Å². The Balaban J connectivity index is 2.43. The van der Waals surface area contributed by atoms with Crippen LogP contribution in [0.4, 0.5) is 0 Å². The molecule has 0 fully saturated rings. The summed E-state index contributed by atoms with van der Waals surface area (Å²) in [5, 5.41) is 11.3. The fourth-order valence-corrected chi connectivity index (χ4v) is 1.80. The number of nitrogens with one attached hydrogen (secondary N) is 1. The van der Waals surface area contributed by atoms with Crippen LogP contribution in [0.15, 0.2) is 12.1 Å². The van der Waals surface area contributed by atoms with Crippen LogP contribution in [-0.4, -0.2) is 36.7 Å². The molecule has 88 valence electrons. The minimum Gasteiger partial charge on any atom is -0.477 e. The van der Waals surface area contributed by atoms with E-state index in [0.717, 1.165) is 11.3 Å². The maximum absolute atomic E-state index is 11.5. The van der Waals surface area contributed by atoms with E-state index in [1.54, 1.807) is 0 Å². The Kier molecular flexibility index (Phi) is 4.94. The van der Waals surface area contributed by atoms with Crippen molar-refractivity contribution in [2.75, 3.05) is 19.8 Å². The summed E-state index contributed by atoms with van der Waals surface area (Å²) in [4.78, 5) is 22.6. The van der Waals surface area contributed by atoms with Gasteiger partial charge in [0.05, 0.1) is 11.5 Å². The Morgan fingerprint density at radius 2 is 2.12 bits per heavy atom. The zero-order chi connectivity index (χ0) is 12.0. The molecule has 1 amide bonds. The van der Waals surface area contributed by atoms with E-state index in [1.165, 1.54) is 12.1 Å². The predicted octanol–water partition coefficient (Wildman–Crippen LogP) is 1.21. The van der Waals surface area contributed by atoms with Gasteiger partial charge in [-0.3, -0.25) is 4.79 Å². The SMILES string of the molecule is CCOCCNC(=O)c1ccc(C(=O)O)s1. The molecule has 0 spiro atoms. The summed E-state index contributed by atoms with van der Waals surface area (Å²) in [6.45, 7) is 3.37. The van der Waals surface area contributed by atoms with E-state index in [-0.39, 0.29) is 10.8 Å². The van der Waals surface area contributed by atoms with E-state index < -0.39 is 5.97 Å². The Morgan fingerprint density at radius 1 is 1.44 bits per heavy atom. The summed E-state index contributed by atoms with van der Waals surface area (Å²) in [7, 11) is 0. The number of hydrogen-bond donors (Lipinski definition) is 2. The number of carboxylic acids is 1. The standard InChI is InChI=1S/C10H13NO4S/c1-2-15-6-5-11-9(12)7-3-4-8(16-7)10(13)14/h3-4H,2,5-6H2,1H3,(H,11,12)(H,13,14). The van der Waals surface area contributed by atoms with Gasteiger partial charge in [0.2, 0.25) is 0 Å². The number of carbonyl (C=O) groups is 2. The molecule has 0 saturated carbocycles. The Morgan fingerprint density at radius 3 is 2.69 bits per heavy atom. The van der Waals surface area contributed by atoms with Crippen molar-refractivity contribution in [1.29, 1.82) is 0 Å². The van der Waals surface area contributed by atoms with E-state index in [1.807, 2.05) is 6.92 Å². The second-order valence-corrected chi connectivity index (χ2v) is 4.01. The molecule has 6 heteroatoms. The minimum atomic E-state index is -1.02. The number of rotatable bonds is 6. The fraction of sp³-hybridized carbons (Fsp3) is 0.400. The molecular formula is C10H13NO4S. The largest absolute Gasteiger partial charge is 0.477 e. The lowest BCUT2D eigenvalue weighted by atomic mass is 10.4. The second kappa shape index (κ2) is 6.24. The molecule has 0 unspecified atom stereocenters. The van der Waals surface area contributed by atoms with Gasteiger partial charge in [0.1, 0.15) is 4.88 Å². The van der Waals surface area contributed by atoms with Gasteiger partial charge in [0.25, 0.3) is 5.91 Å². The van der Waals surface area contributed by atoms with E-state index in [0.29, 0.717) is 24.6 Å². The summed E-state index contributed by atoms with van der Waals surface area (Å²) in [6.07, 6.45) is 0. The maximum Gasteiger partial charge on any atom is 0.345 e. The first-order chi connectivity index (χ1) is 7.65. The van der Waals surface area contributed by atoms with E-state index in [9.17, 15) is 9.59 Å². The molecule has 0 aromatic carbocycles. The molecule has 2 N–H and O–H groups in total. The van der Waals surface area contributed by atoms with Crippen LogP contribution in [0.5, 0.6) is 0 Å². The van der Waals surface area contributed by atoms with Crippen LogP contribution < -0.4 is 5.32 Å². The molecule has 0 saturated heterocycles. The third kappa shape index (κ3) is 3.63. The van der Waals surface area contributed by atoms with E-state index >= 15 is 0 Å². The lowest BCUT2D eigenvalue weighted by molar-refractivity contribution is 0.0702. The normalized spacial score (nSPS) is 10.1. The lowest BCUT2D eigenvalue weighted by Gasteiger charge is -2.02. The molecular weight excluding hydrogens is 230 g/mol. The summed E-state index contributed by atoms with van der Waals surface area (Å²) in [6, 6.07) is 2.93. The van der Waals surface area contributed by atoms with Gasteiger partial charge in [-0.25, -0.2) is 4.79 Å². The first-order valence-corrected chi connectivity index (χ1v) is 5.66. The van der Waals surface area contributed by atoms with Crippen molar-refractivity contribution >= 4 is 23.2 Å². The number of carbonyl (C=O) groups excluding carboxylic acids is 1. The van der Waals surface area contributed by atoms with Gasteiger partial charge in [-0.05, 0) is 19.1 Å². The molecule has 0 bridgehead atoms. The Bertz CT molecular complexity index is 375. The predicted molar refractivity (Wildman–Crippen MR) is 60.1 cm³/mol. The van der Waals surface area contributed by atoms with Gasteiger partial charge in [-0.1, -0.05) is 0 Å². The van der Waals surface area contributed by atoms with Gasteiger partial charge < -0.3 is 15.2 Å². The van der Waals surface area contributed by atoms with Gasteiger partial charge in [-0.15, -0.1) is 11.3 Å². The van der Waals surface area contributed by atoms with E-state index in [4.69, 9.17) is 9.84 Å². The first kappa shape index (κ1) is 12.7. The molecule has 0 aliphatic heterocycles. The highest BCUT2D eigenvalue weighted by atomic mass is 32.1. The molecule has 0 aliphatic carbocycles. The van der Waals surface area contributed by atoms with Crippen LogP contribution in [0.1, 0.15) is 26.3 Å². The number of amides is 1. The highest BCUT2D eigenvalue weighted by Gasteiger charge is 2.11. The zero-order valence-electron chi connectivity index (χ0n) is 8.86. The quantitative estimate of drug-likeness (QED) is 0.736. The number of thiophene rings is 1. The summed E-state index contributed by atoms with van der Waals surface area (Å²) < 4.78 is 5.06. The average Bonchev–Trinajstić information content (AvgIpc) is 2.73. The average molecular weight is 243 g/mol. The van der Waals surface area contributed by atoms with Crippen LogP contribution in [0.25, 0.3) is 0 Å². The zero-order valence-corrected chi connectivity index (χ0v) is 9.67. The monoisotopic (exact) mass is 243 g/mol. The molecule has 1 aromatic heterocycles. The van der Waals surface area contributed by atoms with Crippen molar-refractivity contribution in [3.63, 3.8) is 0 Å². The van der Waals surface area contributed by atoms with Crippen LogP contribution in [0.2, 0.25) is 0 Å².